The highest BCUT2D eigenvalue weighted by Gasteiger charge is 2.11. The van der Waals surface area contributed by atoms with Crippen molar-refractivity contribution in [3.05, 3.63) is 53.6 Å². The van der Waals surface area contributed by atoms with Gasteiger partial charge in [-0.05, 0) is 47.7 Å². The first-order chi connectivity index (χ1) is 14.2. The van der Waals surface area contributed by atoms with E-state index < -0.39 is 0 Å². The van der Waals surface area contributed by atoms with Crippen molar-refractivity contribution in [3.8, 4) is 17.2 Å². The smallest absolute Gasteiger partial charge is 0.191 e. The van der Waals surface area contributed by atoms with Crippen molar-refractivity contribution < 1.29 is 14.2 Å². The van der Waals surface area contributed by atoms with E-state index in [1.807, 2.05) is 24.3 Å². The average molecular weight is 525 g/mol. The van der Waals surface area contributed by atoms with Crippen LogP contribution in [-0.4, -0.2) is 39.9 Å². The molecule has 0 saturated heterocycles. The number of hydrogen-bond donors (Lipinski definition) is 2. The van der Waals surface area contributed by atoms with Crippen LogP contribution in [0.25, 0.3) is 0 Å². The van der Waals surface area contributed by atoms with Crippen molar-refractivity contribution in [3.63, 3.8) is 0 Å². The van der Waals surface area contributed by atoms with Crippen molar-refractivity contribution in [2.24, 2.45) is 4.99 Å². The molecule has 0 bridgehead atoms. The summed E-state index contributed by atoms with van der Waals surface area (Å²) in [5.41, 5.74) is 2.44. The average Bonchev–Trinajstić information content (AvgIpc) is 3.01. The second kappa shape index (κ2) is 12.5. The van der Waals surface area contributed by atoms with Gasteiger partial charge in [0.1, 0.15) is 5.75 Å². The molecule has 1 aliphatic rings. The molecule has 3 rings (SSSR count). The summed E-state index contributed by atoms with van der Waals surface area (Å²) >= 11 is 0. The maximum Gasteiger partial charge on any atom is 0.191 e. The van der Waals surface area contributed by atoms with Gasteiger partial charge in [0, 0.05) is 26.6 Å². The molecule has 0 aliphatic carbocycles. The Balaban J connectivity index is 0.00000320. The van der Waals surface area contributed by atoms with Gasteiger partial charge in [0.05, 0.1) is 20.3 Å². The number of nitrogens with one attached hydrogen (secondary N) is 2. The van der Waals surface area contributed by atoms with Crippen molar-refractivity contribution in [2.75, 3.05) is 33.9 Å². The van der Waals surface area contributed by atoms with Crippen LogP contribution < -0.4 is 24.8 Å². The first-order valence-electron chi connectivity index (χ1n) is 10.2. The van der Waals surface area contributed by atoms with Gasteiger partial charge in [-0.25, -0.2) is 0 Å². The molecule has 0 fully saturated rings. The Bertz CT molecular complexity index is 812. The summed E-state index contributed by atoms with van der Waals surface area (Å²) in [4.78, 5) is 4.32. The molecule has 0 spiro atoms. The fourth-order valence-corrected chi connectivity index (χ4v) is 3.23. The van der Waals surface area contributed by atoms with E-state index in [1.165, 1.54) is 5.56 Å². The molecule has 164 valence electrons. The van der Waals surface area contributed by atoms with Gasteiger partial charge in [0.25, 0.3) is 0 Å². The maximum atomic E-state index is 5.76. The number of fused-ring (bicyclic) bond motifs is 1. The van der Waals surface area contributed by atoms with E-state index in [-0.39, 0.29) is 24.0 Å². The predicted octanol–water partition coefficient (Wildman–Crippen LogP) is 4.33. The number of nitrogens with zero attached hydrogens (tertiary/aromatic N) is 1. The lowest BCUT2D eigenvalue weighted by molar-refractivity contribution is 0.297. The molecule has 30 heavy (non-hydrogen) atoms. The van der Waals surface area contributed by atoms with Gasteiger partial charge in [-0.2, -0.15) is 0 Å². The fraction of sp³-hybridized carbons (Fsp3) is 0.435. The first-order valence-corrected chi connectivity index (χ1v) is 10.2. The van der Waals surface area contributed by atoms with Crippen LogP contribution in [-0.2, 0) is 6.54 Å². The minimum atomic E-state index is 0. The number of guanidine groups is 1. The molecule has 0 radical (unpaired) electrons. The van der Waals surface area contributed by atoms with Crippen molar-refractivity contribution in [2.45, 2.75) is 32.2 Å². The molecule has 2 N–H and O–H groups in total. The predicted molar refractivity (Wildman–Crippen MR) is 132 cm³/mol. The summed E-state index contributed by atoms with van der Waals surface area (Å²) < 4.78 is 16.7. The lowest BCUT2D eigenvalue weighted by atomic mass is 9.98. The van der Waals surface area contributed by atoms with E-state index in [0.717, 1.165) is 48.2 Å². The van der Waals surface area contributed by atoms with Gasteiger partial charge in [-0.1, -0.05) is 25.1 Å². The van der Waals surface area contributed by atoms with Crippen LogP contribution in [0.3, 0.4) is 0 Å². The maximum absolute atomic E-state index is 5.76. The zero-order valence-corrected chi connectivity index (χ0v) is 20.3. The number of rotatable bonds is 7. The van der Waals surface area contributed by atoms with Crippen molar-refractivity contribution in [1.82, 2.24) is 10.6 Å². The third-order valence-corrected chi connectivity index (χ3v) is 5.05. The number of benzene rings is 2. The first kappa shape index (κ1) is 24.1. The molecule has 2 aromatic carbocycles. The molecule has 7 heteroatoms. The number of hydrogen-bond acceptors (Lipinski definition) is 4. The van der Waals surface area contributed by atoms with Gasteiger partial charge in [-0.3, -0.25) is 4.99 Å². The Labute approximate surface area is 196 Å². The molecule has 1 unspecified atom stereocenters. The summed E-state index contributed by atoms with van der Waals surface area (Å²) in [6.45, 7) is 5.14. The highest BCUT2D eigenvalue weighted by atomic mass is 127. The molecule has 1 heterocycles. The quantitative estimate of drug-likeness (QED) is 0.320. The van der Waals surface area contributed by atoms with Crippen molar-refractivity contribution in [1.29, 1.82) is 0 Å². The van der Waals surface area contributed by atoms with Gasteiger partial charge < -0.3 is 24.8 Å². The molecular weight excluding hydrogens is 493 g/mol. The summed E-state index contributed by atoms with van der Waals surface area (Å²) in [6, 6.07) is 14.3. The third kappa shape index (κ3) is 6.97. The largest absolute Gasteiger partial charge is 0.497 e. The van der Waals surface area contributed by atoms with Crippen LogP contribution in [0.2, 0.25) is 0 Å². The normalized spacial score (nSPS) is 14.2. The molecular formula is C23H32IN3O3. The highest BCUT2D eigenvalue weighted by molar-refractivity contribution is 14.0. The zero-order chi connectivity index (χ0) is 20.5. The topological polar surface area (TPSA) is 64.1 Å². The Morgan fingerprint density at radius 2 is 1.80 bits per heavy atom. The number of ether oxygens (including phenoxy) is 3. The van der Waals surface area contributed by atoms with E-state index in [0.29, 0.717) is 25.7 Å². The van der Waals surface area contributed by atoms with Crippen LogP contribution in [0, 0.1) is 0 Å². The minimum Gasteiger partial charge on any atom is -0.497 e. The van der Waals surface area contributed by atoms with Crippen LogP contribution in [0.15, 0.2) is 47.5 Å². The Kier molecular flexibility index (Phi) is 10.1. The molecule has 2 aromatic rings. The molecule has 0 amide bonds. The number of methoxy groups -OCH3 is 1. The van der Waals surface area contributed by atoms with E-state index in [9.17, 15) is 0 Å². The number of aliphatic imine (C=N–C) groups is 1. The molecule has 0 aromatic heterocycles. The fourth-order valence-electron chi connectivity index (χ4n) is 3.23. The van der Waals surface area contributed by atoms with Gasteiger partial charge in [0.2, 0.25) is 0 Å². The minimum absolute atomic E-state index is 0. The van der Waals surface area contributed by atoms with Crippen LogP contribution in [0.1, 0.15) is 36.8 Å². The van der Waals surface area contributed by atoms with Crippen molar-refractivity contribution >= 4 is 29.9 Å². The highest BCUT2D eigenvalue weighted by Crippen LogP contribution is 2.30. The third-order valence-electron chi connectivity index (χ3n) is 5.05. The second-order valence-electron chi connectivity index (χ2n) is 7.15. The Hall–Kier alpha value is -2.16. The van der Waals surface area contributed by atoms with Crippen LogP contribution in [0.5, 0.6) is 17.2 Å². The molecule has 0 saturated carbocycles. The van der Waals surface area contributed by atoms with Gasteiger partial charge in [0.15, 0.2) is 17.5 Å². The molecule has 1 atom stereocenters. The van der Waals surface area contributed by atoms with E-state index in [2.05, 4.69) is 40.7 Å². The Morgan fingerprint density at radius 1 is 1.07 bits per heavy atom. The van der Waals surface area contributed by atoms with Gasteiger partial charge >= 0.3 is 0 Å². The zero-order valence-electron chi connectivity index (χ0n) is 17.9. The summed E-state index contributed by atoms with van der Waals surface area (Å²) in [5, 5.41) is 6.76. The van der Waals surface area contributed by atoms with E-state index >= 15 is 0 Å². The lowest BCUT2D eigenvalue weighted by Gasteiger charge is -2.16. The Morgan fingerprint density at radius 3 is 2.50 bits per heavy atom. The standard InChI is InChI=1S/C23H31N3O3.HI/c1-17(19-6-8-20(27-3)9-7-19)11-12-25-23(24-2)26-16-18-5-10-21-22(15-18)29-14-4-13-28-21;/h5-10,15,17H,4,11-14,16H2,1-3H3,(H2,24,25,26);1H. The van der Waals surface area contributed by atoms with E-state index in [1.54, 1.807) is 14.2 Å². The lowest BCUT2D eigenvalue weighted by Crippen LogP contribution is -2.37. The molecule has 1 aliphatic heterocycles. The van der Waals surface area contributed by atoms with E-state index in [4.69, 9.17) is 14.2 Å². The monoisotopic (exact) mass is 525 g/mol. The van der Waals surface area contributed by atoms with Crippen LogP contribution >= 0.6 is 24.0 Å². The van der Waals surface area contributed by atoms with Crippen LogP contribution in [0.4, 0.5) is 0 Å². The summed E-state index contributed by atoms with van der Waals surface area (Å²) in [5.74, 6) is 3.77. The van der Waals surface area contributed by atoms with Gasteiger partial charge in [-0.15, -0.1) is 24.0 Å². The summed E-state index contributed by atoms with van der Waals surface area (Å²) in [7, 11) is 3.48. The molecule has 6 nitrogen and oxygen atoms in total. The SMILES string of the molecule is CN=C(NCCC(C)c1ccc(OC)cc1)NCc1ccc2c(c1)OCCCO2.I. The number of halogens is 1. The second-order valence-corrected chi connectivity index (χ2v) is 7.15. The summed E-state index contributed by atoms with van der Waals surface area (Å²) in [6.07, 6.45) is 1.92.